The Morgan fingerprint density at radius 3 is 1.19 bits per heavy atom. The molecule has 0 saturated carbocycles. The average Bonchev–Trinajstić information content (AvgIpc) is 4.10. The maximum absolute atomic E-state index is 6.25. The summed E-state index contributed by atoms with van der Waals surface area (Å²) in [6, 6.07) is 35.4. The van der Waals surface area contributed by atoms with Crippen LogP contribution in [0.4, 0.5) is 0 Å². The number of nitrogens with zero attached hydrogens (tertiary/aromatic N) is 4. The minimum absolute atomic E-state index is 0.119. The predicted octanol–water partition coefficient (Wildman–Crippen LogP) is 13.5. The second-order valence-electron chi connectivity index (χ2n) is 13.5. The number of ether oxygens (including phenoxy) is 2. The molecule has 58 heavy (non-hydrogen) atoms. The molecule has 0 unspecified atom stereocenters. The number of aromatic nitrogens is 4. The molecule has 14 heteroatoms. The monoisotopic (exact) mass is 992 g/mol. The molecule has 0 atom stereocenters. The second kappa shape index (κ2) is 14.2. The van der Waals surface area contributed by atoms with Gasteiger partial charge in [-0.3, -0.25) is 0 Å². The molecular weight excluding hydrogens is 967 g/mol. The van der Waals surface area contributed by atoms with Gasteiger partial charge in [0.15, 0.2) is 0 Å². The van der Waals surface area contributed by atoms with Crippen LogP contribution in [0.1, 0.15) is 0 Å². The van der Waals surface area contributed by atoms with Gasteiger partial charge in [0.1, 0.15) is 0 Å². The molecule has 0 saturated heterocycles. The maximum atomic E-state index is 6.25. The zero-order chi connectivity index (χ0) is 38.5. The van der Waals surface area contributed by atoms with Gasteiger partial charge in [0.2, 0.25) is 0 Å². The summed E-state index contributed by atoms with van der Waals surface area (Å²) in [5, 5.41) is 8.63. The molecule has 0 amide bonds. The van der Waals surface area contributed by atoms with Crippen molar-refractivity contribution in [1.29, 1.82) is 0 Å². The number of hydrogen-bond acceptors (Lipinski definition) is 12. The third-order valence-corrected chi connectivity index (χ3v) is 19.3. The van der Waals surface area contributed by atoms with E-state index < -0.39 is 0 Å². The topological polar surface area (TPSA) is 70.0 Å². The van der Waals surface area contributed by atoms with Gasteiger partial charge in [-0.1, -0.05) is 0 Å². The van der Waals surface area contributed by atoms with Gasteiger partial charge in [-0.05, 0) is 0 Å². The number of thiophene rings is 6. The molecule has 0 N–H and O–H groups in total. The molecule has 280 valence electrons. The molecule has 12 rings (SSSR count). The Hall–Kier alpha value is -4.30. The zero-order valence-electron chi connectivity index (χ0n) is 30.3. The van der Waals surface area contributed by atoms with Gasteiger partial charge < -0.3 is 0 Å². The van der Waals surface area contributed by atoms with E-state index in [-0.39, 0.29) is 29.9 Å². The van der Waals surface area contributed by atoms with Crippen molar-refractivity contribution in [2.24, 2.45) is 0 Å². The molecule has 0 aliphatic heterocycles. The second-order valence-corrected chi connectivity index (χ2v) is 21.9. The molecule has 8 aromatic heterocycles. The summed E-state index contributed by atoms with van der Waals surface area (Å²) in [5.74, 6) is 1.76. The Bertz CT molecular complexity index is 3280. The molecule has 0 spiro atoms. The zero-order valence-corrected chi connectivity index (χ0v) is 38.6. The summed E-state index contributed by atoms with van der Waals surface area (Å²) in [7, 11) is 3.56. The molecule has 6 nitrogen and oxygen atoms in total. The van der Waals surface area contributed by atoms with Gasteiger partial charge in [-0.2, -0.15) is 0 Å². The standard InChI is InChI=1S/C44H24N4O2S6Se2/c1-49-41-27-17-22-20-36(34-14-12-32(54-34)26-10-8-24(30-6-4-16-52-30)38-40(26)48-58-46-38)56-44(22)42(50-2)28(27)18-21-19-35(55-43(21)41)33-13-11-31(53-33)25-9-7-23(29-5-3-15-51-29)37-39(25)47-57-45-37/h3-20H,1-2H3. The van der Waals surface area contributed by atoms with Gasteiger partial charge >= 0.3 is 371 Å². The Morgan fingerprint density at radius 1 is 0.414 bits per heavy atom. The molecule has 0 fully saturated rings. The van der Waals surface area contributed by atoms with E-state index in [0.717, 1.165) is 75.6 Å². The Balaban J connectivity index is 0.913. The average molecular weight is 991 g/mol. The van der Waals surface area contributed by atoms with Crippen molar-refractivity contribution in [3.63, 3.8) is 0 Å². The molecule has 0 radical (unpaired) electrons. The van der Waals surface area contributed by atoms with Crippen molar-refractivity contribution < 1.29 is 9.47 Å². The van der Waals surface area contributed by atoms with Crippen LogP contribution in [-0.2, 0) is 0 Å². The van der Waals surface area contributed by atoms with E-state index in [1.165, 1.54) is 50.1 Å². The first kappa shape index (κ1) is 35.6. The Labute approximate surface area is 367 Å². The van der Waals surface area contributed by atoms with E-state index in [4.69, 9.17) is 25.4 Å². The first-order valence-corrected chi connectivity index (χ1v) is 26.1. The Morgan fingerprint density at radius 2 is 0.810 bits per heavy atom. The van der Waals surface area contributed by atoms with Gasteiger partial charge in [-0.15, -0.1) is 0 Å². The van der Waals surface area contributed by atoms with Gasteiger partial charge in [0.05, 0.1) is 0 Å². The van der Waals surface area contributed by atoms with Crippen LogP contribution in [0.25, 0.3) is 114 Å². The fraction of sp³-hybridized carbons (Fsp3) is 0.0455. The molecule has 0 aliphatic carbocycles. The van der Waals surface area contributed by atoms with E-state index in [2.05, 4.69) is 108 Å². The Kier molecular flexibility index (Phi) is 8.70. The quantitative estimate of drug-likeness (QED) is 0.141. The van der Waals surface area contributed by atoms with E-state index in [1.807, 2.05) is 0 Å². The number of benzene rings is 4. The summed E-state index contributed by atoms with van der Waals surface area (Å²) in [5.41, 5.74) is 8.76. The van der Waals surface area contributed by atoms with Crippen LogP contribution in [-0.4, -0.2) is 60.1 Å². The van der Waals surface area contributed by atoms with Crippen LogP contribution in [0.5, 0.6) is 11.5 Å². The van der Waals surface area contributed by atoms with Crippen molar-refractivity contribution in [2.45, 2.75) is 0 Å². The van der Waals surface area contributed by atoms with Crippen LogP contribution in [0.15, 0.2) is 108 Å². The van der Waals surface area contributed by atoms with E-state index in [9.17, 15) is 0 Å². The number of fused-ring (bicyclic) bond motifs is 5. The van der Waals surface area contributed by atoms with E-state index in [0.29, 0.717) is 0 Å². The summed E-state index contributed by atoms with van der Waals surface area (Å²) < 4.78 is 34.2. The van der Waals surface area contributed by atoms with Gasteiger partial charge in [0.25, 0.3) is 0 Å². The SMILES string of the molecule is COc1c2cc3cc(-c4ccc(-c5ccc(-c6cccs6)c6n[se]nc56)s4)sc3c(OC)c2cc2cc(-c3ccc(-c4ccc(-c5cccs5)c5n[se]nc45)s3)sc12. The first-order chi connectivity index (χ1) is 28.6. The number of methoxy groups -OCH3 is 2. The van der Waals surface area contributed by atoms with E-state index >= 15 is 0 Å². The normalized spacial score (nSPS) is 12.0. The van der Waals surface area contributed by atoms with Crippen LogP contribution >= 0.6 is 68.0 Å². The molecule has 0 aliphatic rings. The van der Waals surface area contributed by atoms with Crippen molar-refractivity contribution in [3.05, 3.63) is 108 Å². The fourth-order valence-electron chi connectivity index (χ4n) is 7.74. The number of hydrogen-bond donors (Lipinski definition) is 0. The fourth-order valence-corrected chi connectivity index (χ4v) is 16.2. The van der Waals surface area contributed by atoms with Crippen LogP contribution in [0.2, 0.25) is 0 Å². The van der Waals surface area contributed by atoms with Crippen molar-refractivity contribution in [1.82, 2.24) is 15.9 Å². The third kappa shape index (κ3) is 5.63. The molecular formula is C44H24N4O2S6Se2. The molecule has 12 aromatic rings. The molecule has 0 bridgehead atoms. The summed E-state index contributed by atoms with van der Waals surface area (Å²) in [6.45, 7) is 0. The van der Waals surface area contributed by atoms with Crippen molar-refractivity contribution in [2.75, 3.05) is 14.2 Å². The van der Waals surface area contributed by atoms with Crippen LogP contribution in [0.3, 0.4) is 0 Å². The van der Waals surface area contributed by atoms with E-state index in [1.54, 1.807) is 82.2 Å². The summed E-state index contributed by atoms with van der Waals surface area (Å²) >= 11 is 10.4. The molecule has 8 heterocycles. The van der Waals surface area contributed by atoms with Crippen LogP contribution in [0, 0.1) is 0 Å². The summed E-state index contributed by atoms with van der Waals surface area (Å²) in [4.78, 5) is 9.73. The summed E-state index contributed by atoms with van der Waals surface area (Å²) in [6.07, 6.45) is 0. The van der Waals surface area contributed by atoms with Crippen LogP contribution < -0.4 is 9.47 Å². The van der Waals surface area contributed by atoms with Gasteiger partial charge in [-0.25, -0.2) is 0 Å². The van der Waals surface area contributed by atoms with Gasteiger partial charge in [0, 0.05) is 0 Å². The number of rotatable bonds is 8. The first-order valence-electron chi connectivity index (χ1n) is 18.0. The minimum atomic E-state index is -0.119. The van der Waals surface area contributed by atoms with Crippen molar-refractivity contribution in [3.8, 4) is 72.8 Å². The molecule has 4 aromatic carbocycles. The predicted molar refractivity (Wildman–Crippen MR) is 252 cm³/mol. The third-order valence-electron chi connectivity index (χ3n) is 10.4. The van der Waals surface area contributed by atoms with Crippen molar-refractivity contribution >= 4 is 151 Å².